The second kappa shape index (κ2) is 68.1. The lowest BCUT2D eigenvalue weighted by molar-refractivity contribution is -0.167. The van der Waals surface area contributed by atoms with Crippen molar-refractivity contribution in [2.24, 2.45) is 0 Å². The van der Waals surface area contributed by atoms with Crippen LogP contribution in [0.4, 0.5) is 0 Å². The number of esters is 3. The predicted octanol–water partition coefficient (Wildman–Crippen LogP) is 23.8. The molecule has 0 aliphatic rings. The van der Waals surface area contributed by atoms with Crippen LogP contribution in [0.15, 0.2) is 85.1 Å². The molecule has 0 heterocycles. The molecule has 0 saturated carbocycles. The number of rotatable bonds is 63. The van der Waals surface area contributed by atoms with Gasteiger partial charge in [-0.1, -0.05) is 318 Å². The Bertz CT molecular complexity index is 1520. The molecule has 462 valence electrons. The van der Waals surface area contributed by atoms with E-state index in [0.29, 0.717) is 19.3 Å². The van der Waals surface area contributed by atoms with Crippen molar-refractivity contribution in [3.05, 3.63) is 85.1 Å². The van der Waals surface area contributed by atoms with Crippen molar-refractivity contribution < 1.29 is 28.6 Å². The normalized spacial score (nSPS) is 12.6. The fourth-order valence-electron chi connectivity index (χ4n) is 9.97. The van der Waals surface area contributed by atoms with Gasteiger partial charge in [-0.25, -0.2) is 0 Å². The minimum absolute atomic E-state index is 0.0825. The number of carbonyl (C=O) groups is 3. The van der Waals surface area contributed by atoms with Gasteiger partial charge in [0.1, 0.15) is 13.2 Å². The van der Waals surface area contributed by atoms with E-state index in [-0.39, 0.29) is 31.1 Å². The summed E-state index contributed by atoms with van der Waals surface area (Å²) in [5.74, 6) is -0.884. The van der Waals surface area contributed by atoms with Crippen LogP contribution in [0.2, 0.25) is 0 Å². The molecule has 6 heteroatoms. The molecule has 0 fully saturated rings. The Labute approximate surface area is 496 Å². The van der Waals surface area contributed by atoms with Crippen molar-refractivity contribution in [1.29, 1.82) is 0 Å². The van der Waals surface area contributed by atoms with E-state index in [1.54, 1.807) is 0 Å². The number of ether oxygens (including phenoxy) is 3. The first-order valence-electron chi connectivity index (χ1n) is 34.6. The lowest BCUT2D eigenvalue weighted by Crippen LogP contribution is -2.30. The van der Waals surface area contributed by atoms with Gasteiger partial charge in [0, 0.05) is 19.3 Å². The topological polar surface area (TPSA) is 78.9 Å². The second-order valence-corrected chi connectivity index (χ2v) is 23.1. The van der Waals surface area contributed by atoms with E-state index < -0.39 is 6.10 Å². The molecule has 0 aromatic rings. The lowest BCUT2D eigenvalue weighted by atomic mass is 10.0. The third-order valence-electron chi connectivity index (χ3n) is 15.1. The molecule has 0 radical (unpaired) electrons. The van der Waals surface area contributed by atoms with Crippen LogP contribution in [-0.4, -0.2) is 37.2 Å². The molecular weight excluding hydrogens is 985 g/mol. The SMILES string of the molecule is CC/C=C\C/C=C\C/C=C\C/C=C\CCCCCCCCC(=O)OCC(COC(=O)CCCCCCCCCC/C=C\C/C=C\C/C=C\CCCCCCC)OC(=O)CCCCCCCCCCCCCCCCCCCCCC. The van der Waals surface area contributed by atoms with Crippen molar-refractivity contribution in [2.75, 3.05) is 13.2 Å². The first-order chi connectivity index (χ1) is 39.5. The Morgan fingerprint density at radius 3 is 0.762 bits per heavy atom. The monoisotopic (exact) mass is 1110 g/mol. The maximum absolute atomic E-state index is 13.0. The first-order valence-corrected chi connectivity index (χ1v) is 34.6. The van der Waals surface area contributed by atoms with Crippen molar-refractivity contribution in [1.82, 2.24) is 0 Å². The molecule has 80 heavy (non-hydrogen) atoms. The van der Waals surface area contributed by atoms with E-state index in [1.165, 1.54) is 199 Å². The fourth-order valence-corrected chi connectivity index (χ4v) is 9.97. The Kier molecular flexibility index (Phi) is 65.2. The van der Waals surface area contributed by atoms with E-state index in [2.05, 4.69) is 106 Å². The third kappa shape index (κ3) is 65.4. The van der Waals surface area contributed by atoms with E-state index >= 15 is 0 Å². The van der Waals surface area contributed by atoms with Gasteiger partial charge in [-0.3, -0.25) is 14.4 Å². The number of hydrogen-bond donors (Lipinski definition) is 0. The standard InChI is InChI=1S/C74H130O6/c1-4-7-10-13-16-19-22-25-28-31-34-36-37-38-41-43-46-49-52-55-58-61-64-67-73(76)79-70-71(69-78-72(75)66-63-60-57-54-51-48-45-42-39-33-30-27-24-21-18-15-12-9-6-3)80-74(77)68-65-62-59-56-53-50-47-44-40-35-32-29-26-23-20-17-14-11-8-5-2/h9,12,18,21-22,25,27,30-31,34,37-39,42,71H,4-8,10-11,13-17,19-20,23-24,26,28-29,32-33,35-36,40-41,43-70H2,1-3H3/b12-9-,21-18-,25-22-,30-27-,34-31-,38-37-,42-39-. The van der Waals surface area contributed by atoms with Gasteiger partial charge in [0.05, 0.1) is 0 Å². The number of hydrogen-bond acceptors (Lipinski definition) is 6. The van der Waals surface area contributed by atoms with Crippen molar-refractivity contribution >= 4 is 17.9 Å². The van der Waals surface area contributed by atoms with E-state index in [1.807, 2.05) is 0 Å². The molecule has 0 amide bonds. The highest BCUT2D eigenvalue weighted by Gasteiger charge is 2.19. The van der Waals surface area contributed by atoms with Crippen LogP contribution in [0.5, 0.6) is 0 Å². The third-order valence-corrected chi connectivity index (χ3v) is 15.1. The van der Waals surface area contributed by atoms with Gasteiger partial charge >= 0.3 is 17.9 Å². The molecule has 0 aromatic heterocycles. The van der Waals surface area contributed by atoms with E-state index in [0.717, 1.165) is 109 Å². The summed E-state index contributed by atoms with van der Waals surface area (Å²) in [6.07, 6.45) is 90.2. The van der Waals surface area contributed by atoms with Gasteiger partial charge in [0.25, 0.3) is 0 Å². The van der Waals surface area contributed by atoms with Crippen molar-refractivity contribution in [3.8, 4) is 0 Å². The van der Waals surface area contributed by atoms with Crippen LogP contribution in [0.3, 0.4) is 0 Å². The zero-order chi connectivity index (χ0) is 57.8. The number of allylic oxidation sites excluding steroid dienone is 14. The molecule has 1 unspecified atom stereocenters. The summed E-state index contributed by atoms with van der Waals surface area (Å²) in [4.78, 5) is 38.5. The van der Waals surface area contributed by atoms with Gasteiger partial charge in [-0.2, -0.15) is 0 Å². The highest BCUT2D eigenvalue weighted by Crippen LogP contribution is 2.17. The van der Waals surface area contributed by atoms with Gasteiger partial charge in [0.15, 0.2) is 6.10 Å². The minimum atomic E-state index is -0.787. The number of carbonyl (C=O) groups excluding carboxylic acids is 3. The molecule has 0 rings (SSSR count). The molecule has 0 N–H and O–H groups in total. The van der Waals surface area contributed by atoms with Gasteiger partial charge in [-0.15, -0.1) is 0 Å². The maximum Gasteiger partial charge on any atom is 0.306 e. The first kappa shape index (κ1) is 76.6. The zero-order valence-corrected chi connectivity index (χ0v) is 53.1. The molecule has 0 aliphatic carbocycles. The summed E-state index contributed by atoms with van der Waals surface area (Å²) in [6, 6.07) is 0. The molecule has 1 atom stereocenters. The summed E-state index contributed by atoms with van der Waals surface area (Å²) in [5, 5.41) is 0. The molecule has 0 aromatic carbocycles. The van der Waals surface area contributed by atoms with Gasteiger partial charge in [-0.05, 0) is 96.3 Å². The Hall–Kier alpha value is -3.41. The van der Waals surface area contributed by atoms with E-state index in [4.69, 9.17) is 14.2 Å². The molecule has 0 saturated heterocycles. The minimum Gasteiger partial charge on any atom is -0.462 e. The Balaban J connectivity index is 4.39. The van der Waals surface area contributed by atoms with Crippen molar-refractivity contribution in [3.63, 3.8) is 0 Å². The second-order valence-electron chi connectivity index (χ2n) is 23.1. The van der Waals surface area contributed by atoms with Gasteiger partial charge < -0.3 is 14.2 Å². The summed E-state index contributed by atoms with van der Waals surface area (Å²) in [7, 11) is 0. The lowest BCUT2D eigenvalue weighted by Gasteiger charge is -2.18. The summed E-state index contributed by atoms with van der Waals surface area (Å²) >= 11 is 0. The summed E-state index contributed by atoms with van der Waals surface area (Å²) in [6.45, 7) is 6.55. The van der Waals surface area contributed by atoms with Crippen molar-refractivity contribution in [2.45, 2.75) is 354 Å². The Morgan fingerprint density at radius 1 is 0.263 bits per heavy atom. The average Bonchev–Trinajstić information content (AvgIpc) is 3.46. The summed E-state index contributed by atoms with van der Waals surface area (Å²) in [5.41, 5.74) is 0. The smallest absolute Gasteiger partial charge is 0.306 e. The van der Waals surface area contributed by atoms with Crippen LogP contribution in [-0.2, 0) is 28.6 Å². The molecule has 6 nitrogen and oxygen atoms in total. The van der Waals surface area contributed by atoms with E-state index in [9.17, 15) is 14.4 Å². The molecule has 0 spiro atoms. The highest BCUT2D eigenvalue weighted by atomic mass is 16.6. The predicted molar refractivity (Wildman–Crippen MR) is 348 cm³/mol. The zero-order valence-electron chi connectivity index (χ0n) is 53.1. The molecule has 0 bridgehead atoms. The quantitative estimate of drug-likeness (QED) is 0.0261. The van der Waals surface area contributed by atoms with Crippen LogP contribution in [0.25, 0.3) is 0 Å². The largest absolute Gasteiger partial charge is 0.462 e. The number of unbranched alkanes of at least 4 members (excludes halogenated alkanes) is 38. The summed E-state index contributed by atoms with van der Waals surface area (Å²) < 4.78 is 17.0. The molecule has 0 aliphatic heterocycles. The van der Waals surface area contributed by atoms with Crippen LogP contribution >= 0.6 is 0 Å². The van der Waals surface area contributed by atoms with Crippen LogP contribution < -0.4 is 0 Å². The molecular formula is C74H130O6. The fraction of sp³-hybridized carbons (Fsp3) is 0.770. The van der Waals surface area contributed by atoms with Gasteiger partial charge in [0.2, 0.25) is 0 Å². The highest BCUT2D eigenvalue weighted by molar-refractivity contribution is 5.71. The van der Waals surface area contributed by atoms with Crippen LogP contribution in [0.1, 0.15) is 348 Å². The maximum atomic E-state index is 13.0. The average molecular weight is 1120 g/mol. The Morgan fingerprint density at radius 2 is 0.487 bits per heavy atom. The van der Waals surface area contributed by atoms with Crippen LogP contribution in [0, 0.1) is 0 Å².